The van der Waals surface area contributed by atoms with Crippen molar-refractivity contribution >= 4 is 28.5 Å². The van der Waals surface area contributed by atoms with Crippen LogP contribution in [0.1, 0.15) is 42.5 Å². The normalized spacial score (nSPS) is 24.4. The predicted octanol–water partition coefficient (Wildman–Crippen LogP) is 4.17. The summed E-state index contributed by atoms with van der Waals surface area (Å²) in [7, 11) is 0. The largest absolute Gasteiger partial charge is 0.481 e. The second kappa shape index (κ2) is 5.25. The Morgan fingerprint density at radius 2 is 2.26 bits per heavy atom. The number of carboxylic acid groups (broad SMARTS) is 1. The lowest BCUT2D eigenvalue weighted by atomic mass is 9.68. The molecule has 2 N–H and O–H groups in total. The van der Waals surface area contributed by atoms with Crippen LogP contribution in [0.15, 0.2) is 12.1 Å². The van der Waals surface area contributed by atoms with Gasteiger partial charge in [0.1, 0.15) is 5.60 Å². The van der Waals surface area contributed by atoms with Gasteiger partial charge in [-0.05, 0) is 49.3 Å². The number of nitrogens with one attached hydrogen (secondary N) is 1. The third kappa shape index (κ3) is 2.12. The highest BCUT2D eigenvalue weighted by Gasteiger charge is 2.50. The molecule has 1 aromatic heterocycles. The minimum absolute atomic E-state index is 0.00809. The Bertz CT molecular complexity index is 793. The maximum Gasteiger partial charge on any atom is 0.306 e. The summed E-state index contributed by atoms with van der Waals surface area (Å²) in [5.41, 5.74) is 3.50. The van der Waals surface area contributed by atoms with Crippen molar-refractivity contribution in [2.75, 3.05) is 6.61 Å². The molecule has 1 saturated carbocycles. The lowest BCUT2D eigenvalue weighted by molar-refractivity contribution is -0.162. The van der Waals surface area contributed by atoms with E-state index in [0.29, 0.717) is 6.61 Å². The molecule has 2 heterocycles. The zero-order chi connectivity index (χ0) is 16.2. The molecule has 4 rings (SSSR count). The maximum atomic E-state index is 11.6. The number of aryl methyl sites for hydroxylation is 1. The molecule has 0 radical (unpaired) electrons. The number of carbonyl (C=O) groups is 1. The van der Waals surface area contributed by atoms with Crippen molar-refractivity contribution < 1.29 is 14.6 Å². The smallest absolute Gasteiger partial charge is 0.306 e. The Labute approximate surface area is 139 Å². The molecule has 0 saturated heterocycles. The van der Waals surface area contributed by atoms with Gasteiger partial charge in [0, 0.05) is 5.39 Å². The summed E-state index contributed by atoms with van der Waals surface area (Å²) < 4.78 is 6.16. The van der Waals surface area contributed by atoms with E-state index >= 15 is 0 Å². The number of carboxylic acids is 1. The molecule has 5 heteroatoms. The minimum Gasteiger partial charge on any atom is -0.481 e. The molecule has 0 spiro atoms. The Morgan fingerprint density at radius 1 is 1.48 bits per heavy atom. The van der Waals surface area contributed by atoms with E-state index < -0.39 is 11.6 Å². The van der Waals surface area contributed by atoms with E-state index in [0.717, 1.165) is 58.4 Å². The zero-order valence-electron chi connectivity index (χ0n) is 13.1. The first-order valence-electron chi connectivity index (χ1n) is 8.19. The fraction of sp³-hybridized carbons (Fsp3) is 0.500. The van der Waals surface area contributed by atoms with Gasteiger partial charge in [-0.1, -0.05) is 24.1 Å². The van der Waals surface area contributed by atoms with Crippen LogP contribution >= 0.6 is 11.6 Å². The van der Waals surface area contributed by atoms with Gasteiger partial charge in [-0.15, -0.1) is 0 Å². The van der Waals surface area contributed by atoms with Crippen molar-refractivity contribution in [3.8, 4) is 0 Å². The number of ether oxygens (including phenoxy) is 1. The van der Waals surface area contributed by atoms with Crippen molar-refractivity contribution in [3.05, 3.63) is 34.0 Å². The highest BCUT2D eigenvalue weighted by Crippen LogP contribution is 2.51. The summed E-state index contributed by atoms with van der Waals surface area (Å²) in [5.74, 6) is -0.545. The van der Waals surface area contributed by atoms with Gasteiger partial charge in [-0.2, -0.15) is 0 Å². The first-order valence-corrected chi connectivity index (χ1v) is 8.56. The Morgan fingerprint density at radius 3 is 2.91 bits per heavy atom. The molecule has 0 bridgehead atoms. The molecule has 1 unspecified atom stereocenters. The molecule has 2 aromatic rings. The van der Waals surface area contributed by atoms with Crippen molar-refractivity contribution in [3.63, 3.8) is 0 Å². The first kappa shape index (κ1) is 15.0. The van der Waals surface area contributed by atoms with E-state index in [1.807, 2.05) is 19.1 Å². The number of fused-ring (bicyclic) bond motifs is 3. The Hall–Kier alpha value is -1.52. The van der Waals surface area contributed by atoms with Gasteiger partial charge < -0.3 is 14.8 Å². The van der Waals surface area contributed by atoms with E-state index in [1.54, 1.807) is 0 Å². The molecule has 1 fully saturated rings. The highest BCUT2D eigenvalue weighted by molar-refractivity contribution is 6.36. The third-order valence-electron chi connectivity index (χ3n) is 5.53. The van der Waals surface area contributed by atoms with Gasteiger partial charge >= 0.3 is 5.97 Å². The van der Waals surface area contributed by atoms with Crippen LogP contribution in [-0.2, 0) is 21.6 Å². The fourth-order valence-electron chi connectivity index (χ4n) is 4.19. The molecular formula is C18H20ClNO3. The SMILES string of the molecule is Cc1ccc(Cl)c2c3c([nH]c12)C(CC(=O)O)(C1CCC1)OCC3. The van der Waals surface area contributed by atoms with Crippen LogP contribution < -0.4 is 0 Å². The summed E-state index contributed by atoms with van der Waals surface area (Å²) in [6.07, 6.45) is 3.97. The van der Waals surface area contributed by atoms with Crippen LogP contribution in [-0.4, -0.2) is 22.7 Å². The second-order valence-corrected chi connectivity index (χ2v) is 7.19. The molecule has 4 nitrogen and oxygen atoms in total. The van der Waals surface area contributed by atoms with Gasteiger partial charge in [0.2, 0.25) is 0 Å². The summed E-state index contributed by atoms with van der Waals surface area (Å²) in [6, 6.07) is 3.92. The van der Waals surface area contributed by atoms with Gasteiger partial charge in [-0.25, -0.2) is 0 Å². The fourth-order valence-corrected chi connectivity index (χ4v) is 4.46. The van der Waals surface area contributed by atoms with Crippen LogP contribution in [0.3, 0.4) is 0 Å². The second-order valence-electron chi connectivity index (χ2n) is 6.78. The van der Waals surface area contributed by atoms with Crippen LogP contribution in [0.5, 0.6) is 0 Å². The molecule has 23 heavy (non-hydrogen) atoms. The van der Waals surface area contributed by atoms with Crippen molar-refractivity contribution in [2.45, 2.75) is 44.6 Å². The summed E-state index contributed by atoms with van der Waals surface area (Å²) in [6.45, 7) is 2.59. The van der Waals surface area contributed by atoms with E-state index in [9.17, 15) is 9.90 Å². The minimum atomic E-state index is -0.814. The van der Waals surface area contributed by atoms with Gasteiger partial charge in [0.25, 0.3) is 0 Å². The first-order chi connectivity index (χ1) is 11.0. The number of rotatable bonds is 3. The highest BCUT2D eigenvalue weighted by atomic mass is 35.5. The molecule has 122 valence electrons. The van der Waals surface area contributed by atoms with Gasteiger partial charge in [0.05, 0.1) is 29.3 Å². The molecule has 1 aromatic carbocycles. The average molecular weight is 334 g/mol. The van der Waals surface area contributed by atoms with Crippen LogP contribution in [0.25, 0.3) is 10.9 Å². The van der Waals surface area contributed by atoms with Gasteiger partial charge in [-0.3, -0.25) is 4.79 Å². The maximum absolute atomic E-state index is 11.6. The van der Waals surface area contributed by atoms with Crippen molar-refractivity contribution in [1.29, 1.82) is 0 Å². The monoisotopic (exact) mass is 333 g/mol. The van der Waals surface area contributed by atoms with E-state index in [-0.39, 0.29) is 12.3 Å². The number of hydrogen-bond donors (Lipinski definition) is 2. The molecule has 1 aliphatic heterocycles. The Balaban J connectivity index is 1.98. The van der Waals surface area contributed by atoms with E-state index in [2.05, 4.69) is 4.98 Å². The topological polar surface area (TPSA) is 62.3 Å². The van der Waals surface area contributed by atoms with Crippen LogP contribution in [0, 0.1) is 12.8 Å². The number of aromatic amines is 1. The standard InChI is InChI=1S/C18H20ClNO3/c1-10-5-6-13(19)15-12-7-8-23-18(9-14(21)22,11-3-2-4-11)17(12)20-16(10)15/h5-6,11,20H,2-4,7-9H2,1H3,(H,21,22). The summed E-state index contributed by atoms with van der Waals surface area (Å²) >= 11 is 6.46. The number of aliphatic carboxylic acids is 1. The quantitative estimate of drug-likeness (QED) is 0.886. The third-order valence-corrected chi connectivity index (χ3v) is 5.84. The summed E-state index contributed by atoms with van der Waals surface area (Å²) in [4.78, 5) is 15.1. The average Bonchev–Trinajstić information content (AvgIpc) is 2.83. The number of H-pyrrole nitrogens is 1. The molecule has 1 aliphatic carbocycles. The van der Waals surface area contributed by atoms with Crippen LogP contribution in [0.2, 0.25) is 5.02 Å². The van der Waals surface area contributed by atoms with E-state index in [4.69, 9.17) is 16.3 Å². The molecule has 1 atom stereocenters. The van der Waals surface area contributed by atoms with Crippen molar-refractivity contribution in [1.82, 2.24) is 4.98 Å². The molecule has 2 aliphatic rings. The van der Waals surface area contributed by atoms with Gasteiger partial charge in [0.15, 0.2) is 0 Å². The number of hydrogen-bond acceptors (Lipinski definition) is 2. The van der Waals surface area contributed by atoms with Crippen molar-refractivity contribution in [2.24, 2.45) is 5.92 Å². The zero-order valence-corrected chi connectivity index (χ0v) is 13.9. The molecular weight excluding hydrogens is 314 g/mol. The lowest BCUT2D eigenvalue weighted by Gasteiger charge is -2.46. The van der Waals surface area contributed by atoms with E-state index in [1.165, 1.54) is 0 Å². The summed E-state index contributed by atoms with van der Waals surface area (Å²) in [5, 5.41) is 11.3. The number of halogens is 1. The molecule has 0 amide bonds. The van der Waals surface area contributed by atoms with Crippen LogP contribution in [0.4, 0.5) is 0 Å². The lowest BCUT2D eigenvalue weighted by Crippen LogP contribution is -2.46. The number of benzene rings is 1. The number of aromatic nitrogens is 1. The Kier molecular flexibility index (Phi) is 3.43. The predicted molar refractivity (Wildman–Crippen MR) is 89.0 cm³/mol.